The molecule has 1 amide bonds. The summed E-state index contributed by atoms with van der Waals surface area (Å²) in [5, 5.41) is 0. The van der Waals surface area contributed by atoms with Crippen molar-refractivity contribution in [2.45, 2.75) is 12.5 Å². The number of nitrogens with zero attached hydrogens (tertiary/aromatic N) is 1. The van der Waals surface area contributed by atoms with Crippen molar-refractivity contribution in [1.29, 1.82) is 0 Å². The minimum Gasteiger partial charge on any atom is -0.493 e. The first-order valence-corrected chi connectivity index (χ1v) is 9.48. The van der Waals surface area contributed by atoms with Crippen molar-refractivity contribution in [3.05, 3.63) is 94.8 Å². The zero-order valence-corrected chi connectivity index (χ0v) is 16.4. The second-order valence-corrected chi connectivity index (χ2v) is 6.97. The molecule has 0 unspecified atom stereocenters. The van der Waals surface area contributed by atoms with E-state index in [2.05, 4.69) is 0 Å². The molecule has 0 radical (unpaired) electrons. The molecule has 0 spiro atoms. The highest BCUT2D eigenvalue weighted by Crippen LogP contribution is 2.41. The Labute approximate surface area is 169 Å². The first kappa shape index (κ1) is 19.0. The summed E-state index contributed by atoms with van der Waals surface area (Å²) in [7, 11) is 3.22. The Balaban J connectivity index is 1.83. The third-order valence-electron chi connectivity index (χ3n) is 5.34. The number of ether oxygens (including phenoxy) is 2. The molecule has 1 atom stereocenters. The Morgan fingerprint density at radius 3 is 2.28 bits per heavy atom. The Kier molecular flexibility index (Phi) is 5.21. The van der Waals surface area contributed by atoms with Gasteiger partial charge in [0.1, 0.15) is 5.82 Å². The van der Waals surface area contributed by atoms with Gasteiger partial charge in [0, 0.05) is 12.1 Å². The number of methoxy groups -OCH3 is 2. The number of amides is 1. The molecule has 4 rings (SSSR count). The lowest BCUT2D eigenvalue weighted by Gasteiger charge is -2.38. The molecule has 0 bridgehead atoms. The monoisotopic (exact) mass is 391 g/mol. The van der Waals surface area contributed by atoms with E-state index in [1.165, 1.54) is 24.3 Å². The predicted molar refractivity (Wildman–Crippen MR) is 109 cm³/mol. The maximum absolute atomic E-state index is 13.3. The molecule has 148 valence electrons. The molecule has 0 N–H and O–H groups in total. The third-order valence-corrected chi connectivity index (χ3v) is 5.34. The number of halogens is 1. The molecule has 0 aliphatic carbocycles. The molecule has 29 heavy (non-hydrogen) atoms. The summed E-state index contributed by atoms with van der Waals surface area (Å²) >= 11 is 0. The van der Waals surface area contributed by atoms with Crippen molar-refractivity contribution in [3.63, 3.8) is 0 Å². The highest BCUT2D eigenvalue weighted by atomic mass is 19.1. The second kappa shape index (κ2) is 7.95. The van der Waals surface area contributed by atoms with Crippen LogP contribution in [0.3, 0.4) is 0 Å². The summed E-state index contributed by atoms with van der Waals surface area (Å²) < 4.78 is 24.3. The largest absolute Gasteiger partial charge is 0.493 e. The predicted octanol–water partition coefficient (Wildman–Crippen LogP) is 4.63. The van der Waals surface area contributed by atoms with Gasteiger partial charge in [-0.3, -0.25) is 4.79 Å². The topological polar surface area (TPSA) is 38.8 Å². The molecule has 3 aromatic rings. The summed E-state index contributed by atoms with van der Waals surface area (Å²) in [6.45, 7) is 0.554. The van der Waals surface area contributed by atoms with Crippen molar-refractivity contribution in [3.8, 4) is 11.5 Å². The van der Waals surface area contributed by atoms with E-state index in [4.69, 9.17) is 9.47 Å². The maximum atomic E-state index is 13.3. The van der Waals surface area contributed by atoms with E-state index in [1.54, 1.807) is 14.2 Å². The van der Waals surface area contributed by atoms with E-state index in [0.29, 0.717) is 30.0 Å². The van der Waals surface area contributed by atoms with E-state index in [9.17, 15) is 9.18 Å². The van der Waals surface area contributed by atoms with Crippen molar-refractivity contribution >= 4 is 5.91 Å². The van der Waals surface area contributed by atoms with Crippen LogP contribution < -0.4 is 9.47 Å². The van der Waals surface area contributed by atoms with Crippen molar-refractivity contribution in [2.75, 3.05) is 20.8 Å². The smallest absolute Gasteiger partial charge is 0.254 e. The lowest BCUT2D eigenvalue weighted by molar-refractivity contribution is 0.0694. The van der Waals surface area contributed by atoms with E-state index in [-0.39, 0.29) is 17.8 Å². The molecular weight excluding hydrogens is 369 g/mol. The SMILES string of the molecule is COc1cc2c(cc1OC)[C@@H](c1ccccc1)N(C(=O)c1ccc(F)cc1)CC2. The normalized spacial score (nSPS) is 15.6. The lowest BCUT2D eigenvalue weighted by atomic mass is 9.87. The van der Waals surface area contributed by atoms with Crippen molar-refractivity contribution in [1.82, 2.24) is 4.90 Å². The lowest BCUT2D eigenvalue weighted by Crippen LogP contribution is -2.40. The highest BCUT2D eigenvalue weighted by Gasteiger charge is 2.33. The third kappa shape index (κ3) is 3.56. The summed E-state index contributed by atoms with van der Waals surface area (Å²) in [6.07, 6.45) is 0.700. The van der Waals surface area contributed by atoms with Gasteiger partial charge in [-0.05, 0) is 59.5 Å². The molecule has 4 nitrogen and oxygen atoms in total. The molecule has 0 saturated heterocycles. The molecule has 3 aromatic carbocycles. The van der Waals surface area contributed by atoms with Gasteiger partial charge in [-0.2, -0.15) is 0 Å². The van der Waals surface area contributed by atoms with Crippen molar-refractivity contribution in [2.24, 2.45) is 0 Å². The van der Waals surface area contributed by atoms with Gasteiger partial charge in [-0.15, -0.1) is 0 Å². The van der Waals surface area contributed by atoms with Gasteiger partial charge in [0.15, 0.2) is 11.5 Å². The zero-order chi connectivity index (χ0) is 20.4. The van der Waals surface area contributed by atoms with Crippen LogP contribution in [0.1, 0.15) is 33.1 Å². The number of carbonyl (C=O) groups excluding carboxylic acids is 1. The molecule has 1 heterocycles. The quantitative estimate of drug-likeness (QED) is 0.651. The minimum absolute atomic E-state index is 0.126. The van der Waals surface area contributed by atoms with Gasteiger partial charge in [0.2, 0.25) is 0 Å². The van der Waals surface area contributed by atoms with Crippen LogP contribution in [0, 0.1) is 5.82 Å². The fourth-order valence-corrected chi connectivity index (χ4v) is 3.92. The minimum atomic E-state index is -0.359. The number of carbonyl (C=O) groups is 1. The average molecular weight is 391 g/mol. The van der Waals surface area contributed by atoms with Crippen LogP contribution in [0.2, 0.25) is 0 Å². The standard InChI is InChI=1S/C24H22FNO3/c1-28-21-14-18-12-13-26(24(27)17-8-10-19(25)11-9-17)23(16-6-4-3-5-7-16)20(18)15-22(21)29-2/h3-11,14-15,23H,12-13H2,1-2H3/t23-/m1/s1. The Morgan fingerprint density at radius 2 is 1.62 bits per heavy atom. The van der Waals surface area contributed by atoms with Crippen LogP contribution in [0.4, 0.5) is 4.39 Å². The van der Waals surface area contributed by atoms with E-state index in [1.807, 2.05) is 47.4 Å². The molecule has 0 aromatic heterocycles. The number of hydrogen-bond acceptors (Lipinski definition) is 3. The van der Waals surface area contributed by atoms with Crippen LogP contribution >= 0.6 is 0 Å². The fraction of sp³-hybridized carbons (Fsp3) is 0.208. The van der Waals surface area contributed by atoms with Gasteiger partial charge in [0.25, 0.3) is 5.91 Å². The summed E-state index contributed by atoms with van der Waals surface area (Å²) in [5.41, 5.74) is 3.61. The van der Waals surface area contributed by atoms with Gasteiger partial charge in [-0.25, -0.2) is 4.39 Å². The van der Waals surface area contributed by atoms with Crippen LogP contribution in [-0.2, 0) is 6.42 Å². The van der Waals surface area contributed by atoms with E-state index in [0.717, 1.165) is 16.7 Å². The molecule has 5 heteroatoms. The van der Waals surface area contributed by atoms with Crippen LogP contribution in [-0.4, -0.2) is 31.6 Å². The molecule has 0 fully saturated rings. The highest BCUT2D eigenvalue weighted by molar-refractivity contribution is 5.95. The fourth-order valence-electron chi connectivity index (χ4n) is 3.92. The Bertz CT molecular complexity index is 1020. The maximum Gasteiger partial charge on any atom is 0.254 e. The number of fused-ring (bicyclic) bond motifs is 1. The zero-order valence-electron chi connectivity index (χ0n) is 16.4. The summed E-state index contributed by atoms with van der Waals surface area (Å²) in [4.78, 5) is 15.2. The van der Waals surface area contributed by atoms with Gasteiger partial charge >= 0.3 is 0 Å². The average Bonchev–Trinajstić information content (AvgIpc) is 2.77. The van der Waals surface area contributed by atoms with Crippen molar-refractivity contribution < 1.29 is 18.7 Å². The number of hydrogen-bond donors (Lipinski definition) is 0. The number of benzene rings is 3. The summed E-state index contributed by atoms with van der Waals surface area (Å²) in [6, 6.07) is 19.3. The Morgan fingerprint density at radius 1 is 0.966 bits per heavy atom. The van der Waals surface area contributed by atoms with E-state index >= 15 is 0 Å². The Hall–Kier alpha value is -3.34. The second-order valence-electron chi connectivity index (χ2n) is 6.97. The van der Waals surface area contributed by atoms with Crippen LogP contribution in [0.5, 0.6) is 11.5 Å². The summed E-state index contributed by atoms with van der Waals surface area (Å²) in [5.74, 6) is 0.820. The molecule has 1 aliphatic heterocycles. The van der Waals surface area contributed by atoms with Gasteiger partial charge in [-0.1, -0.05) is 30.3 Å². The van der Waals surface area contributed by atoms with E-state index < -0.39 is 0 Å². The number of rotatable bonds is 4. The molecule has 0 saturated carbocycles. The van der Waals surface area contributed by atoms with Crippen LogP contribution in [0.15, 0.2) is 66.7 Å². The van der Waals surface area contributed by atoms with Gasteiger partial charge in [0.05, 0.1) is 20.3 Å². The molecule has 1 aliphatic rings. The first-order valence-electron chi connectivity index (χ1n) is 9.48. The van der Waals surface area contributed by atoms with Crippen LogP contribution in [0.25, 0.3) is 0 Å². The molecular formula is C24H22FNO3. The first-order chi connectivity index (χ1) is 14.1. The van der Waals surface area contributed by atoms with Gasteiger partial charge < -0.3 is 14.4 Å².